The Labute approximate surface area is 161 Å². The van der Waals surface area contributed by atoms with Crippen molar-refractivity contribution in [2.24, 2.45) is 5.73 Å². The number of imidazole rings is 1. The molecule has 0 spiro atoms. The zero-order chi connectivity index (χ0) is 21.3. The van der Waals surface area contributed by atoms with Crippen LogP contribution in [0.1, 0.15) is 32.2 Å². The van der Waals surface area contributed by atoms with E-state index in [4.69, 9.17) is 5.73 Å². The van der Waals surface area contributed by atoms with Crippen LogP contribution < -0.4 is 11.1 Å². The second-order valence-electron chi connectivity index (χ2n) is 6.16. The Morgan fingerprint density at radius 2 is 1.76 bits per heavy atom. The predicted octanol–water partition coefficient (Wildman–Crippen LogP) is 3.89. The molecule has 0 fully saturated rings. The van der Waals surface area contributed by atoms with E-state index in [1.807, 2.05) is 4.98 Å². The number of nitrogens with zero attached hydrogens (tertiary/aromatic N) is 1. The first kappa shape index (κ1) is 20.1. The maximum Gasteiger partial charge on any atom is 0.449 e. The van der Waals surface area contributed by atoms with Gasteiger partial charge < -0.3 is 16.0 Å². The van der Waals surface area contributed by atoms with Crippen molar-refractivity contribution in [1.82, 2.24) is 9.97 Å². The number of aromatic amines is 1. The van der Waals surface area contributed by atoms with Crippen LogP contribution in [0.2, 0.25) is 0 Å². The number of amides is 2. The molecule has 29 heavy (non-hydrogen) atoms. The lowest BCUT2D eigenvalue weighted by atomic mass is 10.1. The summed E-state index contributed by atoms with van der Waals surface area (Å²) in [4.78, 5) is 29.5. The van der Waals surface area contributed by atoms with Gasteiger partial charge in [-0.25, -0.2) is 9.37 Å². The highest BCUT2D eigenvalue weighted by Crippen LogP contribution is 2.31. The van der Waals surface area contributed by atoms with Crippen molar-refractivity contribution in [3.05, 3.63) is 70.9 Å². The van der Waals surface area contributed by atoms with Crippen molar-refractivity contribution in [2.45, 2.75) is 13.1 Å². The van der Waals surface area contributed by atoms with Gasteiger partial charge in [0.25, 0.3) is 5.91 Å². The lowest BCUT2D eigenvalue weighted by Crippen LogP contribution is -2.16. The van der Waals surface area contributed by atoms with Gasteiger partial charge >= 0.3 is 6.18 Å². The summed E-state index contributed by atoms with van der Waals surface area (Å²) in [5, 5.41) is 2.41. The first-order valence-corrected chi connectivity index (χ1v) is 8.21. The Bertz CT molecular complexity index is 1090. The fourth-order valence-electron chi connectivity index (χ4n) is 2.65. The van der Waals surface area contributed by atoms with E-state index in [9.17, 15) is 27.2 Å². The minimum Gasteiger partial charge on any atom is -0.366 e. The Morgan fingerprint density at radius 1 is 1.10 bits per heavy atom. The van der Waals surface area contributed by atoms with Gasteiger partial charge in [0.1, 0.15) is 17.2 Å². The van der Waals surface area contributed by atoms with E-state index in [0.29, 0.717) is 5.56 Å². The summed E-state index contributed by atoms with van der Waals surface area (Å²) >= 11 is 0. The molecule has 0 aliphatic heterocycles. The molecule has 2 aromatic carbocycles. The van der Waals surface area contributed by atoms with Gasteiger partial charge in [0, 0.05) is 16.8 Å². The number of rotatable bonds is 4. The van der Waals surface area contributed by atoms with Crippen LogP contribution in [0.25, 0.3) is 11.3 Å². The molecular weight excluding hydrogens is 392 g/mol. The lowest BCUT2D eigenvalue weighted by Gasteiger charge is -2.08. The smallest absolute Gasteiger partial charge is 0.366 e. The number of halogens is 4. The molecule has 0 radical (unpaired) electrons. The first-order valence-electron chi connectivity index (χ1n) is 8.21. The SMILES string of the molecule is Cc1ccc(NC(=O)c2[nH]c(C(F)(F)F)nc2-c2ccc(F)cc2)cc1C(N)=O. The number of alkyl halides is 3. The molecule has 2 amide bonds. The molecule has 1 aromatic heterocycles. The van der Waals surface area contributed by atoms with E-state index < -0.39 is 35.3 Å². The van der Waals surface area contributed by atoms with Gasteiger partial charge in [-0.3, -0.25) is 9.59 Å². The molecule has 4 N–H and O–H groups in total. The first-order chi connectivity index (χ1) is 13.6. The Balaban J connectivity index is 2.02. The van der Waals surface area contributed by atoms with Crippen LogP contribution in [0.15, 0.2) is 42.5 Å². The van der Waals surface area contributed by atoms with Gasteiger partial charge in [-0.05, 0) is 48.9 Å². The summed E-state index contributed by atoms with van der Waals surface area (Å²) in [6.45, 7) is 1.64. The molecule has 1 heterocycles. The van der Waals surface area contributed by atoms with E-state index in [-0.39, 0.29) is 22.5 Å². The number of carbonyl (C=O) groups is 2. The summed E-state index contributed by atoms with van der Waals surface area (Å²) in [5.41, 5.74) is 5.50. The van der Waals surface area contributed by atoms with Gasteiger partial charge in [-0.1, -0.05) is 6.07 Å². The largest absolute Gasteiger partial charge is 0.449 e. The van der Waals surface area contributed by atoms with Crippen molar-refractivity contribution in [2.75, 3.05) is 5.32 Å². The van der Waals surface area contributed by atoms with Crippen LogP contribution in [0.5, 0.6) is 0 Å². The highest BCUT2D eigenvalue weighted by molar-refractivity contribution is 6.07. The Morgan fingerprint density at radius 3 is 2.34 bits per heavy atom. The normalized spacial score (nSPS) is 11.3. The standard InChI is InChI=1S/C19H14F4N4O2/c1-9-2-7-12(8-13(9)16(24)28)25-17(29)15-14(10-3-5-11(20)6-4-10)26-18(27-15)19(21,22)23/h2-8H,1H3,(H2,24,28)(H,25,29)(H,26,27). The van der Waals surface area contributed by atoms with Crippen LogP contribution in [-0.4, -0.2) is 21.8 Å². The van der Waals surface area contributed by atoms with Gasteiger partial charge in [-0.2, -0.15) is 13.2 Å². The Hall–Kier alpha value is -3.69. The van der Waals surface area contributed by atoms with Gasteiger partial charge in [-0.15, -0.1) is 0 Å². The highest BCUT2D eigenvalue weighted by Gasteiger charge is 2.37. The van der Waals surface area contributed by atoms with E-state index in [1.165, 1.54) is 30.3 Å². The molecular formula is C19H14F4N4O2. The number of H-pyrrole nitrogens is 1. The third-order valence-corrected chi connectivity index (χ3v) is 4.08. The molecule has 0 unspecified atom stereocenters. The molecule has 3 rings (SSSR count). The number of aromatic nitrogens is 2. The fraction of sp³-hybridized carbons (Fsp3) is 0.105. The second kappa shape index (κ2) is 7.38. The third kappa shape index (κ3) is 4.26. The molecule has 3 aromatic rings. The summed E-state index contributed by atoms with van der Waals surface area (Å²) in [7, 11) is 0. The number of carbonyl (C=O) groups excluding carboxylic acids is 2. The van der Waals surface area contributed by atoms with Crippen molar-refractivity contribution in [3.8, 4) is 11.3 Å². The molecule has 150 valence electrons. The summed E-state index contributed by atoms with van der Waals surface area (Å²) in [6.07, 6.45) is -4.82. The van der Waals surface area contributed by atoms with Crippen LogP contribution in [-0.2, 0) is 6.18 Å². The van der Waals surface area contributed by atoms with Crippen LogP contribution >= 0.6 is 0 Å². The molecule has 6 nitrogen and oxygen atoms in total. The average Bonchev–Trinajstić information content (AvgIpc) is 3.09. The molecule has 0 saturated heterocycles. The molecule has 0 aliphatic carbocycles. The minimum absolute atomic E-state index is 0.116. The monoisotopic (exact) mass is 406 g/mol. The van der Waals surface area contributed by atoms with E-state index in [0.717, 1.165) is 12.1 Å². The van der Waals surface area contributed by atoms with Gasteiger partial charge in [0.05, 0.1) is 0 Å². The van der Waals surface area contributed by atoms with E-state index >= 15 is 0 Å². The maximum absolute atomic E-state index is 13.2. The topological polar surface area (TPSA) is 101 Å². The zero-order valence-corrected chi connectivity index (χ0v) is 14.9. The molecule has 0 atom stereocenters. The number of primary amides is 1. The second-order valence-corrected chi connectivity index (χ2v) is 6.16. The quantitative estimate of drug-likeness (QED) is 0.573. The summed E-state index contributed by atoms with van der Waals surface area (Å²) in [6, 6.07) is 8.81. The molecule has 0 saturated carbocycles. The van der Waals surface area contributed by atoms with E-state index in [1.54, 1.807) is 6.92 Å². The van der Waals surface area contributed by atoms with Crippen molar-refractivity contribution in [1.29, 1.82) is 0 Å². The van der Waals surface area contributed by atoms with Crippen molar-refractivity contribution >= 4 is 17.5 Å². The van der Waals surface area contributed by atoms with Crippen molar-refractivity contribution in [3.63, 3.8) is 0 Å². The number of benzene rings is 2. The van der Waals surface area contributed by atoms with Crippen molar-refractivity contribution < 1.29 is 27.2 Å². The van der Waals surface area contributed by atoms with Crippen LogP contribution in [0.4, 0.5) is 23.2 Å². The minimum atomic E-state index is -4.82. The Kier molecular flexibility index (Phi) is 5.10. The number of nitrogens with two attached hydrogens (primary N) is 1. The average molecular weight is 406 g/mol. The molecule has 0 bridgehead atoms. The zero-order valence-electron chi connectivity index (χ0n) is 14.9. The number of hydrogen-bond acceptors (Lipinski definition) is 3. The van der Waals surface area contributed by atoms with Gasteiger partial charge in [0.2, 0.25) is 11.7 Å². The van der Waals surface area contributed by atoms with Gasteiger partial charge in [0.15, 0.2) is 0 Å². The fourth-order valence-corrected chi connectivity index (χ4v) is 2.65. The highest BCUT2D eigenvalue weighted by atomic mass is 19.4. The number of aryl methyl sites for hydroxylation is 1. The number of anilines is 1. The number of hydrogen-bond donors (Lipinski definition) is 3. The predicted molar refractivity (Wildman–Crippen MR) is 96.6 cm³/mol. The molecule has 10 heteroatoms. The third-order valence-electron chi connectivity index (χ3n) is 4.08. The summed E-state index contributed by atoms with van der Waals surface area (Å²) < 4.78 is 52.5. The summed E-state index contributed by atoms with van der Waals surface area (Å²) in [5.74, 6) is -3.60. The van der Waals surface area contributed by atoms with Crippen LogP contribution in [0.3, 0.4) is 0 Å². The van der Waals surface area contributed by atoms with E-state index in [2.05, 4.69) is 10.3 Å². The lowest BCUT2D eigenvalue weighted by molar-refractivity contribution is -0.144. The maximum atomic E-state index is 13.2. The molecule has 0 aliphatic rings. The number of nitrogens with one attached hydrogen (secondary N) is 2. The van der Waals surface area contributed by atoms with Crippen LogP contribution in [0, 0.1) is 12.7 Å².